The van der Waals surface area contributed by atoms with E-state index in [-0.39, 0.29) is 0 Å². The van der Waals surface area contributed by atoms with Crippen molar-refractivity contribution in [2.75, 3.05) is 39.5 Å². The average Bonchev–Trinajstić information content (AvgIpc) is 3.57. The van der Waals surface area contributed by atoms with Gasteiger partial charge in [-0.05, 0) is 56.3 Å². The number of hydrogen-bond acceptors (Lipinski definition) is 4. The first-order valence-corrected chi connectivity index (χ1v) is 10.8. The van der Waals surface area contributed by atoms with Crippen molar-refractivity contribution in [3.8, 4) is 0 Å². The molecule has 0 amide bonds. The van der Waals surface area contributed by atoms with Crippen LogP contribution in [0.4, 0.5) is 0 Å². The van der Waals surface area contributed by atoms with E-state index in [4.69, 9.17) is 14.5 Å². The van der Waals surface area contributed by atoms with Gasteiger partial charge in [0.25, 0.3) is 0 Å². The highest BCUT2D eigenvalue weighted by Gasteiger charge is 2.34. The van der Waals surface area contributed by atoms with Gasteiger partial charge in [0.05, 0.1) is 18.6 Å². The first kappa shape index (κ1) is 17.2. The molecule has 5 heteroatoms. The molecule has 0 radical (unpaired) electrons. The predicted molar refractivity (Wildman–Crippen MR) is 100 cm³/mol. The molecule has 4 aliphatic rings. The predicted octanol–water partition coefficient (Wildman–Crippen LogP) is 3.05. The first-order chi connectivity index (χ1) is 12.8. The largest absolute Gasteiger partial charge is 0.381 e. The van der Waals surface area contributed by atoms with Crippen LogP contribution in [0.2, 0.25) is 0 Å². The van der Waals surface area contributed by atoms with E-state index in [9.17, 15) is 0 Å². The highest BCUT2D eigenvalue weighted by atomic mass is 16.5. The Labute approximate surface area is 157 Å². The third-order valence-corrected chi connectivity index (χ3v) is 6.58. The highest BCUT2D eigenvalue weighted by Crippen LogP contribution is 2.36. The molecule has 1 aromatic heterocycles. The van der Waals surface area contributed by atoms with Gasteiger partial charge in [-0.2, -0.15) is 0 Å². The summed E-state index contributed by atoms with van der Waals surface area (Å²) in [4.78, 5) is 7.45. The van der Waals surface area contributed by atoms with Gasteiger partial charge >= 0.3 is 0 Å². The third-order valence-electron chi connectivity index (χ3n) is 6.58. The van der Waals surface area contributed by atoms with E-state index in [0.29, 0.717) is 11.8 Å². The first-order valence-electron chi connectivity index (χ1n) is 10.8. The van der Waals surface area contributed by atoms with Crippen LogP contribution >= 0.6 is 0 Å². The topological polar surface area (TPSA) is 39.5 Å². The Bertz CT molecular complexity index is 602. The Hall–Kier alpha value is -0.910. The van der Waals surface area contributed by atoms with Gasteiger partial charge in [0.15, 0.2) is 0 Å². The molecule has 0 N–H and O–H groups in total. The summed E-state index contributed by atoms with van der Waals surface area (Å²) in [5.41, 5.74) is 2.80. The maximum absolute atomic E-state index is 6.26. The van der Waals surface area contributed by atoms with E-state index in [1.165, 1.54) is 50.2 Å². The molecule has 1 unspecified atom stereocenters. The van der Waals surface area contributed by atoms with Crippen molar-refractivity contribution in [1.82, 2.24) is 14.5 Å². The molecule has 1 saturated heterocycles. The van der Waals surface area contributed by atoms with Gasteiger partial charge in [0.1, 0.15) is 0 Å². The molecule has 3 heterocycles. The number of nitrogens with zero attached hydrogens (tertiary/aromatic N) is 3. The zero-order valence-electron chi connectivity index (χ0n) is 15.9. The van der Waals surface area contributed by atoms with E-state index >= 15 is 0 Å². The van der Waals surface area contributed by atoms with Crippen molar-refractivity contribution in [3.63, 3.8) is 0 Å². The van der Waals surface area contributed by atoms with Gasteiger partial charge in [-0.1, -0.05) is 0 Å². The van der Waals surface area contributed by atoms with Gasteiger partial charge in [-0.15, -0.1) is 0 Å². The summed E-state index contributed by atoms with van der Waals surface area (Å²) in [6.07, 6.45) is 10.0. The summed E-state index contributed by atoms with van der Waals surface area (Å²) < 4.78 is 14.2. The normalized spacial score (nSPS) is 27.6. The van der Waals surface area contributed by atoms with Crippen LogP contribution in [0.1, 0.15) is 55.8 Å². The zero-order valence-corrected chi connectivity index (χ0v) is 15.9. The number of fused-ring (bicyclic) bond motifs is 1. The second kappa shape index (κ2) is 7.61. The molecule has 2 aliphatic heterocycles. The van der Waals surface area contributed by atoms with Crippen LogP contribution in [0.5, 0.6) is 0 Å². The summed E-state index contributed by atoms with van der Waals surface area (Å²) in [5, 5.41) is 0. The minimum atomic E-state index is 0.485. The molecule has 0 spiro atoms. The smallest absolute Gasteiger partial charge is 0.0952 e. The van der Waals surface area contributed by atoms with Crippen LogP contribution in [0, 0.1) is 17.8 Å². The second-order valence-electron chi connectivity index (χ2n) is 9.10. The molecule has 5 rings (SSSR count). The molecule has 0 aromatic carbocycles. The Balaban J connectivity index is 1.24. The van der Waals surface area contributed by atoms with Crippen LogP contribution in [-0.2, 0) is 22.6 Å². The Morgan fingerprint density at radius 1 is 0.962 bits per heavy atom. The Morgan fingerprint density at radius 3 is 2.50 bits per heavy atom. The maximum Gasteiger partial charge on any atom is 0.0952 e. The van der Waals surface area contributed by atoms with Crippen LogP contribution in [0.3, 0.4) is 0 Å². The fourth-order valence-electron chi connectivity index (χ4n) is 4.65. The van der Waals surface area contributed by atoms with Gasteiger partial charge in [0, 0.05) is 57.6 Å². The monoisotopic (exact) mass is 359 g/mol. The molecular weight excluding hydrogens is 326 g/mol. The quantitative estimate of drug-likeness (QED) is 0.715. The summed E-state index contributed by atoms with van der Waals surface area (Å²) in [6, 6.07) is 0. The highest BCUT2D eigenvalue weighted by molar-refractivity contribution is 5.22. The van der Waals surface area contributed by atoms with E-state index in [2.05, 4.69) is 15.8 Å². The lowest BCUT2D eigenvalue weighted by molar-refractivity contribution is 0.0128. The van der Waals surface area contributed by atoms with Gasteiger partial charge in [-0.25, -0.2) is 4.98 Å². The molecule has 3 fully saturated rings. The lowest BCUT2D eigenvalue weighted by Gasteiger charge is -2.33. The van der Waals surface area contributed by atoms with Crippen molar-refractivity contribution in [2.24, 2.45) is 17.8 Å². The van der Waals surface area contributed by atoms with E-state index in [1.54, 1.807) is 0 Å². The number of rotatable bonds is 8. The molecule has 2 saturated carbocycles. The van der Waals surface area contributed by atoms with Crippen molar-refractivity contribution >= 4 is 0 Å². The van der Waals surface area contributed by atoms with Crippen molar-refractivity contribution < 1.29 is 9.47 Å². The molecule has 5 nitrogen and oxygen atoms in total. The van der Waals surface area contributed by atoms with Gasteiger partial charge < -0.3 is 14.0 Å². The lowest BCUT2D eigenvalue weighted by atomic mass is 9.98. The molecular formula is C21H33N3O2. The van der Waals surface area contributed by atoms with Gasteiger partial charge in [0.2, 0.25) is 0 Å². The number of hydrogen-bond donors (Lipinski definition) is 0. The Morgan fingerprint density at radius 2 is 1.73 bits per heavy atom. The van der Waals surface area contributed by atoms with Crippen molar-refractivity contribution in [1.29, 1.82) is 0 Å². The maximum atomic E-state index is 6.26. The van der Waals surface area contributed by atoms with Crippen LogP contribution in [0.25, 0.3) is 0 Å². The van der Waals surface area contributed by atoms with Crippen LogP contribution in [0.15, 0.2) is 6.33 Å². The van der Waals surface area contributed by atoms with Crippen molar-refractivity contribution in [3.05, 3.63) is 17.7 Å². The summed E-state index contributed by atoms with van der Waals surface area (Å²) in [5.74, 6) is 3.00. The number of aromatic nitrogens is 2. The van der Waals surface area contributed by atoms with Gasteiger partial charge in [-0.3, -0.25) is 4.90 Å². The third kappa shape index (κ3) is 4.15. The Kier molecular flexibility index (Phi) is 5.03. The molecule has 0 bridgehead atoms. The van der Waals surface area contributed by atoms with E-state index in [1.807, 2.05) is 0 Å². The fraction of sp³-hybridized carbons (Fsp3) is 0.857. The molecule has 144 valence electrons. The summed E-state index contributed by atoms with van der Waals surface area (Å²) in [7, 11) is 0. The SMILES string of the molecule is c1nc2c(n1CC1CC1)C(COCC1CCOCC1)CN(CC1CC1)C2. The van der Waals surface area contributed by atoms with E-state index in [0.717, 1.165) is 64.2 Å². The number of ether oxygens (including phenoxy) is 2. The lowest BCUT2D eigenvalue weighted by Crippen LogP contribution is -2.38. The summed E-state index contributed by atoms with van der Waals surface area (Å²) in [6.45, 7) is 8.17. The fourth-order valence-corrected chi connectivity index (χ4v) is 4.65. The molecule has 1 aromatic rings. The van der Waals surface area contributed by atoms with E-state index < -0.39 is 0 Å². The molecule has 26 heavy (non-hydrogen) atoms. The van der Waals surface area contributed by atoms with Crippen LogP contribution < -0.4 is 0 Å². The molecule has 1 atom stereocenters. The standard InChI is InChI=1S/C21H33N3O2/c1-2-16(1)9-23-11-19(14-26-13-18-5-7-25-8-6-18)21-20(12-23)22-15-24(21)10-17-3-4-17/h15-19H,1-14H2. The number of imidazole rings is 1. The minimum Gasteiger partial charge on any atom is -0.381 e. The van der Waals surface area contributed by atoms with Crippen molar-refractivity contribution in [2.45, 2.75) is 57.5 Å². The summed E-state index contributed by atoms with van der Waals surface area (Å²) >= 11 is 0. The minimum absolute atomic E-state index is 0.485. The second-order valence-corrected chi connectivity index (χ2v) is 9.10. The van der Waals surface area contributed by atoms with Crippen LogP contribution in [-0.4, -0.2) is 54.0 Å². The average molecular weight is 360 g/mol. The molecule has 2 aliphatic carbocycles. The zero-order chi connectivity index (χ0) is 17.3.